The van der Waals surface area contributed by atoms with E-state index in [1.54, 1.807) is 31.4 Å². The zero-order chi connectivity index (χ0) is 12.3. The van der Waals surface area contributed by atoms with Crippen LogP contribution in [0.1, 0.15) is 12.8 Å². The van der Waals surface area contributed by atoms with Crippen molar-refractivity contribution in [3.63, 3.8) is 0 Å². The third kappa shape index (κ3) is 2.82. The standard InChI is InChI=1S/C12H14ClNO3/c1-16-9-4-6-10(7-5-9)17-11-3-2-8-14(13)12(11)15/h4-7,11H,2-3,8H2,1H3. The second kappa shape index (κ2) is 5.27. The van der Waals surface area contributed by atoms with Gasteiger partial charge in [-0.15, -0.1) is 0 Å². The quantitative estimate of drug-likeness (QED) is 0.778. The molecule has 0 N–H and O–H groups in total. The molecule has 1 amide bonds. The Bertz CT molecular complexity index is 393. The summed E-state index contributed by atoms with van der Waals surface area (Å²) in [5.41, 5.74) is 0. The third-order valence-corrected chi connectivity index (χ3v) is 3.01. The van der Waals surface area contributed by atoms with Gasteiger partial charge < -0.3 is 9.47 Å². The molecule has 0 bridgehead atoms. The van der Waals surface area contributed by atoms with Crippen molar-refractivity contribution < 1.29 is 14.3 Å². The lowest BCUT2D eigenvalue weighted by Gasteiger charge is -2.27. The number of carbonyl (C=O) groups excluding carboxylic acids is 1. The van der Waals surface area contributed by atoms with Crippen LogP contribution in [0.4, 0.5) is 0 Å². The van der Waals surface area contributed by atoms with Crippen molar-refractivity contribution in [2.24, 2.45) is 0 Å². The number of nitrogens with zero attached hydrogens (tertiary/aromatic N) is 1. The van der Waals surface area contributed by atoms with E-state index in [9.17, 15) is 4.79 Å². The zero-order valence-corrected chi connectivity index (χ0v) is 10.3. The van der Waals surface area contributed by atoms with E-state index in [4.69, 9.17) is 21.3 Å². The minimum Gasteiger partial charge on any atom is -0.497 e. The molecule has 4 nitrogen and oxygen atoms in total. The van der Waals surface area contributed by atoms with Crippen molar-refractivity contribution in [3.05, 3.63) is 24.3 Å². The molecule has 1 atom stereocenters. The first-order chi connectivity index (χ1) is 8.20. The molecule has 1 fully saturated rings. The fourth-order valence-corrected chi connectivity index (χ4v) is 1.96. The van der Waals surface area contributed by atoms with Crippen LogP contribution in [-0.4, -0.2) is 30.1 Å². The van der Waals surface area contributed by atoms with E-state index < -0.39 is 6.10 Å². The Labute approximate surface area is 105 Å². The minimum atomic E-state index is -0.477. The molecule has 1 aliphatic rings. The van der Waals surface area contributed by atoms with Gasteiger partial charge in [-0.3, -0.25) is 9.21 Å². The van der Waals surface area contributed by atoms with Gasteiger partial charge in [-0.25, -0.2) is 0 Å². The van der Waals surface area contributed by atoms with Crippen molar-refractivity contribution in [1.29, 1.82) is 0 Å². The third-order valence-electron chi connectivity index (χ3n) is 2.67. The summed E-state index contributed by atoms with van der Waals surface area (Å²) in [5.74, 6) is 1.23. The van der Waals surface area contributed by atoms with Gasteiger partial charge in [0.2, 0.25) is 0 Å². The van der Waals surface area contributed by atoms with Crippen LogP contribution in [0.25, 0.3) is 0 Å². The highest BCUT2D eigenvalue weighted by atomic mass is 35.5. The molecule has 1 heterocycles. The molecule has 1 aliphatic heterocycles. The highest BCUT2D eigenvalue weighted by Crippen LogP contribution is 2.22. The monoisotopic (exact) mass is 255 g/mol. The normalized spacial score (nSPS) is 20.2. The van der Waals surface area contributed by atoms with E-state index in [0.29, 0.717) is 18.7 Å². The molecule has 0 aliphatic carbocycles. The second-order valence-electron chi connectivity index (χ2n) is 3.85. The molecule has 1 unspecified atom stereocenters. The number of amides is 1. The molecule has 1 aromatic carbocycles. The van der Waals surface area contributed by atoms with Crippen LogP contribution in [-0.2, 0) is 4.79 Å². The molecule has 0 radical (unpaired) electrons. The Hall–Kier alpha value is -1.42. The molecular weight excluding hydrogens is 242 g/mol. The van der Waals surface area contributed by atoms with Crippen molar-refractivity contribution in [2.75, 3.05) is 13.7 Å². The number of carbonyl (C=O) groups is 1. The summed E-state index contributed by atoms with van der Waals surface area (Å²) in [6, 6.07) is 7.14. The van der Waals surface area contributed by atoms with Gasteiger partial charge in [0.1, 0.15) is 11.5 Å². The van der Waals surface area contributed by atoms with Crippen LogP contribution in [0.5, 0.6) is 11.5 Å². The minimum absolute atomic E-state index is 0.172. The summed E-state index contributed by atoms with van der Waals surface area (Å²) in [6.07, 6.45) is 1.08. The number of piperidine rings is 1. The lowest BCUT2D eigenvalue weighted by atomic mass is 10.1. The predicted octanol–water partition coefficient (Wildman–Crippen LogP) is 2.22. The van der Waals surface area contributed by atoms with E-state index in [1.165, 1.54) is 4.42 Å². The topological polar surface area (TPSA) is 38.8 Å². The van der Waals surface area contributed by atoms with E-state index in [2.05, 4.69) is 0 Å². The summed E-state index contributed by atoms with van der Waals surface area (Å²) in [6.45, 7) is 0.586. The van der Waals surface area contributed by atoms with E-state index in [-0.39, 0.29) is 5.91 Å². The highest BCUT2D eigenvalue weighted by molar-refractivity contribution is 6.22. The Morgan fingerprint density at radius 3 is 2.59 bits per heavy atom. The zero-order valence-electron chi connectivity index (χ0n) is 9.56. The summed E-state index contributed by atoms with van der Waals surface area (Å²) in [7, 11) is 1.60. The molecular formula is C12H14ClNO3. The fourth-order valence-electron chi connectivity index (χ4n) is 1.73. The molecule has 1 aromatic rings. The van der Waals surface area contributed by atoms with Gasteiger partial charge in [0, 0.05) is 18.3 Å². The number of hydrogen-bond donors (Lipinski definition) is 0. The number of methoxy groups -OCH3 is 1. The van der Waals surface area contributed by atoms with Crippen molar-refractivity contribution in [2.45, 2.75) is 18.9 Å². The number of hydrogen-bond acceptors (Lipinski definition) is 3. The Morgan fingerprint density at radius 1 is 1.29 bits per heavy atom. The van der Waals surface area contributed by atoms with E-state index in [0.717, 1.165) is 12.2 Å². The van der Waals surface area contributed by atoms with Crippen LogP contribution in [0.2, 0.25) is 0 Å². The van der Waals surface area contributed by atoms with Crippen LogP contribution in [0, 0.1) is 0 Å². The molecule has 0 saturated carbocycles. The average molecular weight is 256 g/mol. The van der Waals surface area contributed by atoms with Crippen LogP contribution in [0.15, 0.2) is 24.3 Å². The van der Waals surface area contributed by atoms with Crippen molar-refractivity contribution in [3.8, 4) is 11.5 Å². The largest absolute Gasteiger partial charge is 0.497 e. The smallest absolute Gasteiger partial charge is 0.277 e. The van der Waals surface area contributed by atoms with E-state index >= 15 is 0 Å². The first-order valence-electron chi connectivity index (χ1n) is 5.48. The van der Waals surface area contributed by atoms with Gasteiger partial charge in [0.25, 0.3) is 5.91 Å². The summed E-state index contributed by atoms with van der Waals surface area (Å²) in [5, 5.41) is 0. The maximum Gasteiger partial charge on any atom is 0.277 e. The Kier molecular flexibility index (Phi) is 3.74. The van der Waals surface area contributed by atoms with E-state index in [1.807, 2.05) is 0 Å². The summed E-state index contributed by atoms with van der Waals surface area (Å²) in [4.78, 5) is 11.7. The Balaban J connectivity index is 2.01. The summed E-state index contributed by atoms with van der Waals surface area (Å²) >= 11 is 5.76. The number of rotatable bonds is 3. The van der Waals surface area contributed by atoms with Crippen molar-refractivity contribution in [1.82, 2.24) is 4.42 Å². The molecule has 5 heteroatoms. The van der Waals surface area contributed by atoms with Gasteiger partial charge in [-0.1, -0.05) is 0 Å². The lowest BCUT2D eigenvalue weighted by Crippen LogP contribution is -2.41. The SMILES string of the molecule is COc1ccc(OC2CCCN(Cl)C2=O)cc1. The lowest BCUT2D eigenvalue weighted by molar-refractivity contribution is -0.136. The molecule has 92 valence electrons. The van der Waals surface area contributed by atoms with Crippen molar-refractivity contribution >= 4 is 17.7 Å². The molecule has 0 spiro atoms. The molecule has 1 saturated heterocycles. The maximum atomic E-state index is 11.7. The van der Waals surface area contributed by atoms with Gasteiger partial charge in [-0.2, -0.15) is 0 Å². The number of benzene rings is 1. The first kappa shape index (κ1) is 12.0. The highest BCUT2D eigenvalue weighted by Gasteiger charge is 2.29. The molecule has 2 rings (SSSR count). The fraction of sp³-hybridized carbons (Fsp3) is 0.417. The van der Waals surface area contributed by atoms with Crippen LogP contribution >= 0.6 is 11.8 Å². The summed E-state index contributed by atoms with van der Waals surface area (Å²) < 4.78 is 11.8. The number of ether oxygens (including phenoxy) is 2. The molecule has 17 heavy (non-hydrogen) atoms. The first-order valence-corrected chi connectivity index (χ1v) is 5.82. The van der Waals surface area contributed by atoms with Gasteiger partial charge in [-0.05, 0) is 37.1 Å². The Morgan fingerprint density at radius 2 is 1.94 bits per heavy atom. The average Bonchev–Trinajstić information content (AvgIpc) is 2.36. The predicted molar refractivity (Wildman–Crippen MR) is 64.2 cm³/mol. The maximum absolute atomic E-state index is 11.7. The van der Waals surface area contributed by atoms with Crippen LogP contribution < -0.4 is 9.47 Å². The van der Waals surface area contributed by atoms with Gasteiger partial charge in [0.05, 0.1) is 7.11 Å². The molecule has 0 aromatic heterocycles. The van der Waals surface area contributed by atoms with Gasteiger partial charge >= 0.3 is 0 Å². The second-order valence-corrected chi connectivity index (χ2v) is 4.26. The van der Waals surface area contributed by atoms with Gasteiger partial charge in [0.15, 0.2) is 6.10 Å². The van der Waals surface area contributed by atoms with Crippen LogP contribution in [0.3, 0.4) is 0 Å². The number of halogens is 1.